The molecule has 2 saturated heterocycles. The van der Waals surface area contributed by atoms with E-state index < -0.39 is 0 Å². The summed E-state index contributed by atoms with van der Waals surface area (Å²) in [6.45, 7) is 7.71. The second-order valence-electron chi connectivity index (χ2n) is 4.95. The third-order valence-electron chi connectivity index (χ3n) is 3.96. The molecule has 3 aliphatic rings. The van der Waals surface area contributed by atoms with Crippen LogP contribution in [0.2, 0.25) is 0 Å². The van der Waals surface area contributed by atoms with E-state index in [1.165, 1.54) is 58.5 Å². The van der Waals surface area contributed by atoms with E-state index in [0.29, 0.717) is 0 Å². The minimum absolute atomic E-state index is 0.844. The second kappa shape index (κ2) is 3.80. The van der Waals surface area contributed by atoms with Crippen LogP contribution in [0.25, 0.3) is 0 Å². The highest BCUT2D eigenvalue weighted by Gasteiger charge is 2.33. The SMILES string of the molecule is C1CC(N2CCN(C3CC3)CC2)CN1. The van der Waals surface area contributed by atoms with Gasteiger partial charge in [0.2, 0.25) is 0 Å². The van der Waals surface area contributed by atoms with Crippen molar-refractivity contribution in [3.8, 4) is 0 Å². The van der Waals surface area contributed by atoms with E-state index in [9.17, 15) is 0 Å². The van der Waals surface area contributed by atoms with Gasteiger partial charge in [-0.2, -0.15) is 0 Å². The van der Waals surface area contributed by atoms with Crippen molar-refractivity contribution in [3.63, 3.8) is 0 Å². The Morgan fingerprint density at radius 3 is 1.93 bits per heavy atom. The summed E-state index contributed by atoms with van der Waals surface area (Å²) in [5.41, 5.74) is 0. The van der Waals surface area contributed by atoms with Gasteiger partial charge in [-0.1, -0.05) is 0 Å². The molecule has 1 atom stereocenters. The quantitative estimate of drug-likeness (QED) is 0.675. The third-order valence-corrected chi connectivity index (χ3v) is 3.96. The van der Waals surface area contributed by atoms with E-state index >= 15 is 0 Å². The Hall–Kier alpha value is -0.120. The van der Waals surface area contributed by atoms with Crippen molar-refractivity contribution >= 4 is 0 Å². The maximum Gasteiger partial charge on any atom is 0.0233 e. The van der Waals surface area contributed by atoms with Gasteiger partial charge in [0.15, 0.2) is 0 Å². The van der Waals surface area contributed by atoms with Crippen molar-refractivity contribution in [2.75, 3.05) is 39.3 Å². The largest absolute Gasteiger partial charge is 0.315 e. The average molecular weight is 195 g/mol. The lowest BCUT2D eigenvalue weighted by atomic mass is 10.2. The molecule has 0 aromatic rings. The summed E-state index contributed by atoms with van der Waals surface area (Å²) in [4.78, 5) is 5.39. The van der Waals surface area contributed by atoms with Gasteiger partial charge in [-0.25, -0.2) is 0 Å². The molecule has 0 spiro atoms. The molecule has 0 aromatic heterocycles. The molecule has 3 heteroatoms. The number of nitrogens with zero attached hydrogens (tertiary/aromatic N) is 2. The van der Waals surface area contributed by atoms with Gasteiger partial charge in [0.05, 0.1) is 0 Å². The van der Waals surface area contributed by atoms with Gasteiger partial charge in [0.25, 0.3) is 0 Å². The molecular formula is C11H21N3. The highest BCUT2D eigenvalue weighted by atomic mass is 15.3. The number of hydrogen-bond donors (Lipinski definition) is 1. The highest BCUT2D eigenvalue weighted by molar-refractivity contribution is 4.90. The lowest BCUT2D eigenvalue weighted by Crippen LogP contribution is -2.51. The molecule has 1 N–H and O–H groups in total. The van der Waals surface area contributed by atoms with Crippen molar-refractivity contribution in [3.05, 3.63) is 0 Å². The summed E-state index contributed by atoms with van der Waals surface area (Å²) < 4.78 is 0. The van der Waals surface area contributed by atoms with Crippen molar-refractivity contribution in [2.45, 2.75) is 31.3 Å². The minimum atomic E-state index is 0.844. The van der Waals surface area contributed by atoms with Gasteiger partial charge in [-0.15, -0.1) is 0 Å². The Morgan fingerprint density at radius 1 is 0.786 bits per heavy atom. The topological polar surface area (TPSA) is 18.5 Å². The van der Waals surface area contributed by atoms with Crippen LogP contribution in [-0.4, -0.2) is 61.2 Å². The Morgan fingerprint density at radius 2 is 1.43 bits per heavy atom. The summed E-state index contributed by atoms with van der Waals surface area (Å²) >= 11 is 0. The van der Waals surface area contributed by atoms with Gasteiger partial charge in [0.1, 0.15) is 0 Å². The summed E-state index contributed by atoms with van der Waals surface area (Å²) in [6.07, 6.45) is 4.29. The molecule has 2 aliphatic heterocycles. The van der Waals surface area contributed by atoms with Crippen LogP contribution in [-0.2, 0) is 0 Å². The second-order valence-corrected chi connectivity index (χ2v) is 4.95. The first-order valence-corrected chi connectivity index (χ1v) is 6.12. The fraction of sp³-hybridized carbons (Fsp3) is 1.00. The first-order chi connectivity index (χ1) is 6.93. The van der Waals surface area contributed by atoms with E-state index in [-0.39, 0.29) is 0 Å². The fourth-order valence-corrected chi connectivity index (χ4v) is 2.86. The number of nitrogens with one attached hydrogen (secondary N) is 1. The average Bonchev–Trinajstić information content (AvgIpc) is 2.94. The highest BCUT2D eigenvalue weighted by Crippen LogP contribution is 2.27. The molecule has 3 fully saturated rings. The molecule has 3 rings (SSSR count). The number of rotatable bonds is 2. The molecule has 1 aliphatic carbocycles. The maximum absolute atomic E-state index is 3.46. The van der Waals surface area contributed by atoms with Crippen molar-refractivity contribution in [1.29, 1.82) is 0 Å². The molecule has 0 aromatic carbocycles. The molecule has 3 nitrogen and oxygen atoms in total. The predicted molar refractivity (Wildman–Crippen MR) is 57.4 cm³/mol. The van der Waals surface area contributed by atoms with Crippen LogP contribution in [0.3, 0.4) is 0 Å². The first-order valence-electron chi connectivity index (χ1n) is 6.12. The van der Waals surface area contributed by atoms with E-state index in [1.54, 1.807) is 0 Å². The molecule has 80 valence electrons. The molecule has 1 unspecified atom stereocenters. The molecule has 0 bridgehead atoms. The van der Waals surface area contributed by atoms with Crippen LogP contribution in [0, 0.1) is 0 Å². The Bertz CT molecular complexity index is 189. The van der Waals surface area contributed by atoms with E-state index in [1.807, 2.05) is 0 Å². The van der Waals surface area contributed by atoms with Crippen LogP contribution in [0.5, 0.6) is 0 Å². The Kier molecular flexibility index (Phi) is 2.48. The minimum Gasteiger partial charge on any atom is -0.315 e. The van der Waals surface area contributed by atoms with Crippen LogP contribution in [0.15, 0.2) is 0 Å². The van der Waals surface area contributed by atoms with Gasteiger partial charge in [-0.3, -0.25) is 9.80 Å². The fourth-order valence-electron chi connectivity index (χ4n) is 2.86. The molecule has 0 radical (unpaired) electrons. The Balaban J connectivity index is 1.49. The van der Waals surface area contributed by atoms with Crippen molar-refractivity contribution < 1.29 is 0 Å². The molecule has 14 heavy (non-hydrogen) atoms. The predicted octanol–water partition coefficient (Wildman–Crippen LogP) is 0.128. The number of hydrogen-bond acceptors (Lipinski definition) is 3. The number of piperazine rings is 1. The van der Waals surface area contributed by atoms with Crippen LogP contribution < -0.4 is 5.32 Å². The summed E-state index contributed by atoms with van der Waals surface area (Å²) in [7, 11) is 0. The summed E-state index contributed by atoms with van der Waals surface area (Å²) in [6, 6.07) is 1.82. The standard InChI is InChI=1S/C11H21N3/c1-2-10(1)13-5-7-14(8-6-13)11-3-4-12-9-11/h10-12H,1-9H2. The zero-order valence-corrected chi connectivity index (χ0v) is 8.91. The molecular weight excluding hydrogens is 174 g/mol. The van der Waals surface area contributed by atoms with Crippen molar-refractivity contribution in [2.24, 2.45) is 0 Å². The molecule has 1 saturated carbocycles. The molecule has 0 amide bonds. The zero-order chi connectivity index (χ0) is 9.38. The lowest BCUT2D eigenvalue weighted by Gasteiger charge is -2.37. The third kappa shape index (κ3) is 1.81. The van der Waals surface area contributed by atoms with Gasteiger partial charge < -0.3 is 5.32 Å². The summed E-state index contributed by atoms with van der Waals surface area (Å²) in [5, 5.41) is 3.46. The van der Waals surface area contributed by atoms with Crippen LogP contribution >= 0.6 is 0 Å². The molecule has 2 heterocycles. The van der Waals surface area contributed by atoms with E-state index in [2.05, 4.69) is 15.1 Å². The van der Waals surface area contributed by atoms with E-state index in [4.69, 9.17) is 0 Å². The van der Waals surface area contributed by atoms with Gasteiger partial charge in [0, 0.05) is 44.8 Å². The monoisotopic (exact) mass is 195 g/mol. The van der Waals surface area contributed by atoms with E-state index in [0.717, 1.165) is 12.1 Å². The maximum atomic E-state index is 3.46. The normalized spacial score (nSPS) is 36.4. The van der Waals surface area contributed by atoms with Crippen LogP contribution in [0.1, 0.15) is 19.3 Å². The Labute approximate surface area is 86.4 Å². The smallest absolute Gasteiger partial charge is 0.0233 e. The summed E-state index contributed by atoms with van der Waals surface area (Å²) in [5.74, 6) is 0. The van der Waals surface area contributed by atoms with Gasteiger partial charge in [-0.05, 0) is 25.8 Å². The van der Waals surface area contributed by atoms with Crippen LogP contribution in [0.4, 0.5) is 0 Å². The van der Waals surface area contributed by atoms with Gasteiger partial charge >= 0.3 is 0 Å². The lowest BCUT2D eigenvalue weighted by molar-refractivity contribution is 0.0978. The first kappa shape index (κ1) is 9.13. The van der Waals surface area contributed by atoms with Crippen molar-refractivity contribution in [1.82, 2.24) is 15.1 Å². The zero-order valence-electron chi connectivity index (χ0n) is 8.91.